The van der Waals surface area contributed by atoms with Crippen LogP contribution in [0.5, 0.6) is 0 Å². The highest BCUT2D eigenvalue weighted by Gasteiger charge is 2.32. The minimum atomic E-state index is -3.09. The van der Waals surface area contributed by atoms with Gasteiger partial charge >= 0.3 is 0 Å². The molecule has 10 heteroatoms. The standard InChI is InChI=1S/C22H21N5O4S/c1-14-25-20-18(27(14)16-6-9-32(29,30)13-16)10-17(19-5-3-8-31-19)26-21(20)22(28)24-12-15-4-2-7-23-11-15/h2-5,7-8,10-11,16H,6,9,12-13H2,1H3,(H,24,28). The molecule has 4 aromatic heterocycles. The van der Waals surface area contributed by atoms with Gasteiger partial charge in [-0.1, -0.05) is 6.07 Å². The summed E-state index contributed by atoms with van der Waals surface area (Å²) in [6.45, 7) is 2.11. The van der Waals surface area contributed by atoms with Crippen LogP contribution >= 0.6 is 0 Å². The second kappa shape index (κ2) is 7.86. The van der Waals surface area contributed by atoms with Crippen molar-refractivity contribution >= 4 is 26.8 Å². The average molecular weight is 452 g/mol. The molecule has 0 saturated carbocycles. The van der Waals surface area contributed by atoms with Gasteiger partial charge in [-0.15, -0.1) is 0 Å². The molecular weight excluding hydrogens is 430 g/mol. The predicted octanol–water partition coefficient (Wildman–Crippen LogP) is 2.68. The van der Waals surface area contributed by atoms with Crippen LogP contribution in [0.2, 0.25) is 0 Å². The first kappa shape index (κ1) is 20.4. The number of carbonyl (C=O) groups excluding carboxylic acids is 1. The van der Waals surface area contributed by atoms with E-state index in [0.29, 0.717) is 41.3 Å². The van der Waals surface area contributed by atoms with E-state index in [0.717, 1.165) is 5.56 Å². The Hall–Kier alpha value is -3.53. The minimum Gasteiger partial charge on any atom is -0.463 e. The van der Waals surface area contributed by atoms with Crippen LogP contribution in [-0.4, -0.2) is 45.3 Å². The normalized spacial score (nSPS) is 17.6. The number of furan rings is 1. The number of sulfone groups is 1. The van der Waals surface area contributed by atoms with Crippen LogP contribution in [0.3, 0.4) is 0 Å². The van der Waals surface area contributed by atoms with E-state index in [2.05, 4.69) is 20.3 Å². The van der Waals surface area contributed by atoms with Gasteiger partial charge in [-0.2, -0.15) is 0 Å². The first-order valence-electron chi connectivity index (χ1n) is 10.2. The maximum absolute atomic E-state index is 13.1. The summed E-state index contributed by atoms with van der Waals surface area (Å²) in [7, 11) is -3.09. The van der Waals surface area contributed by atoms with E-state index in [4.69, 9.17) is 4.42 Å². The number of carbonyl (C=O) groups is 1. The van der Waals surface area contributed by atoms with Crippen molar-refractivity contribution in [2.24, 2.45) is 0 Å². The van der Waals surface area contributed by atoms with Gasteiger partial charge in [0.25, 0.3) is 5.91 Å². The molecule has 164 valence electrons. The Morgan fingerprint density at radius 3 is 2.84 bits per heavy atom. The summed E-state index contributed by atoms with van der Waals surface area (Å²) in [6, 6.07) is 8.75. The highest BCUT2D eigenvalue weighted by Crippen LogP contribution is 2.32. The highest BCUT2D eigenvalue weighted by molar-refractivity contribution is 7.91. The first-order valence-corrected chi connectivity index (χ1v) is 12.0. The molecule has 0 bridgehead atoms. The third kappa shape index (κ3) is 3.77. The fraction of sp³-hybridized carbons (Fsp3) is 0.273. The molecule has 1 fully saturated rings. The van der Waals surface area contributed by atoms with Gasteiger partial charge < -0.3 is 14.3 Å². The van der Waals surface area contributed by atoms with Crippen LogP contribution in [0.25, 0.3) is 22.5 Å². The van der Waals surface area contributed by atoms with E-state index in [-0.39, 0.29) is 29.1 Å². The Labute approximate surface area is 184 Å². The number of hydrogen-bond donors (Lipinski definition) is 1. The molecule has 1 unspecified atom stereocenters. The smallest absolute Gasteiger partial charge is 0.272 e. The van der Waals surface area contributed by atoms with E-state index in [1.165, 1.54) is 6.26 Å². The molecule has 5 heterocycles. The van der Waals surface area contributed by atoms with Crippen LogP contribution in [0, 0.1) is 6.92 Å². The summed E-state index contributed by atoms with van der Waals surface area (Å²) < 4.78 is 31.6. The van der Waals surface area contributed by atoms with Crippen molar-refractivity contribution < 1.29 is 17.6 Å². The van der Waals surface area contributed by atoms with Crippen molar-refractivity contribution in [2.45, 2.75) is 25.9 Å². The molecule has 1 saturated heterocycles. The third-order valence-corrected chi connectivity index (χ3v) is 7.34. The minimum absolute atomic E-state index is 0.0558. The van der Waals surface area contributed by atoms with Gasteiger partial charge in [0.1, 0.15) is 17.0 Å². The fourth-order valence-corrected chi connectivity index (χ4v) is 5.83. The summed E-state index contributed by atoms with van der Waals surface area (Å²) in [6.07, 6.45) is 5.40. The number of imidazole rings is 1. The summed E-state index contributed by atoms with van der Waals surface area (Å²) in [5.41, 5.74) is 2.61. The number of aromatic nitrogens is 4. The number of aryl methyl sites for hydroxylation is 1. The topological polar surface area (TPSA) is 120 Å². The quantitative estimate of drug-likeness (QED) is 0.495. The van der Waals surface area contributed by atoms with Gasteiger partial charge in [0.15, 0.2) is 21.3 Å². The summed E-state index contributed by atoms with van der Waals surface area (Å²) in [5.74, 6) is 0.974. The van der Waals surface area contributed by atoms with Crippen LogP contribution < -0.4 is 5.32 Å². The number of rotatable bonds is 5. The van der Waals surface area contributed by atoms with Gasteiger partial charge in [0.05, 0.1) is 29.3 Å². The van der Waals surface area contributed by atoms with Gasteiger partial charge in [0, 0.05) is 18.9 Å². The van der Waals surface area contributed by atoms with E-state index in [9.17, 15) is 13.2 Å². The van der Waals surface area contributed by atoms with Gasteiger partial charge in [-0.3, -0.25) is 9.78 Å². The SMILES string of the molecule is Cc1nc2c(C(=O)NCc3cccnc3)nc(-c3ccco3)cc2n1C1CCS(=O)(=O)C1. The maximum Gasteiger partial charge on any atom is 0.272 e. The molecule has 1 aliphatic rings. The van der Waals surface area contributed by atoms with Crippen molar-refractivity contribution in [3.8, 4) is 11.5 Å². The zero-order valence-electron chi connectivity index (χ0n) is 17.4. The molecule has 4 aromatic rings. The van der Waals surface area contributed by atoms with Crippen molar-refractivity contribution in [1.29, 1.82) is 0 Å². The molecule has 1 aliphatic heterocycles. The molecule has 9 nitrogen and oxygen atoms in total. The zero-order valence-corrected chi connectivity index (χ0v) is 18.2. The molecule has 0 radical (unpaired) electrons. The van der Waals surface area contributed by atoms with Crippen LogP contribution in [0.4, 0.5) is 0 Å². The first-order chi connectivity index (χ1) is 15.4. The molecule has 1 atom stereocenters. The largest absolute Gasteiger partial charge is 0.463 e. The third-order valence-electron chi connectivity index (χ3n) is 5.59. The Morgan fingerprint density at radius 1 is 1.28 bits per heavy atom. The highest BCUT2D eigenvalue weighted by atomic mass is 32.2. The molecular formula is C22H21N5O4S. The predicted molar refractivity (Wildman–Crippen MR) is 118 cm³/mol. The monoisotopic (exact) mass is 451 g/mol. The summed E-state index contributed by atoms with van der Waals surface area (Å²) in [4.78, 5) is 26.3. The number of fused-ring (bicyclic) bond motifs is 1. The lowest BCUT2D eigenvalue weighted by Crippen LogP contribution is -2.24. The molecule has 0 aliphatic carbocycles. The fourth-order valence-electron chi connectivity index (χ4n) is 4.13. The van der Waals surface area contributed by atoms with Gasteiger partial charge in [-0.05, 0) is 43.2 Å². The Balaban J connectivity index is 1.60. The number of nitrogens with zero attached hydrogens (tertiary/aromatic N) is 4. The lowest BCUT2D eigenvalue weighted by molar-refractivity contribution is 0.0947. The van der Waals surface area contributed by atoms with Crippen molar-refractivity contribution in [3.05, 3.63) is 66.1 Å². The summed E-state index contributed by atoms with van der Waals surface area (Å²) >= 11 is 0. The van der Waals surface area contributed by atoms with Crippen LogP contribution in [0.1, 0.15) is 34.3 Å². The molecule has 0 spiro atoms. The van der Waals surface area contributed by atoms with Crippen molar-refractivity contribution in [3.63, 3.8) is 0 Å². The van der Waals surface area contributed by atoms with E-state index in [1.807, 2.05) is 17.6 Å². The second-order valence-corrected chi connectivity index (χ2v) is 10.1. The van der Waals surface area contributed by atoms with E-state index >= 15 is 0 Å². The molecule has 1 amide bonds. The van der Waals surface area contributed by atoms with Crippen molar-refractivity contribution in [1.82, 2.24) is 24.8 Å². The van der Waals surface area contributed by atoms with Crippen LogP contribution in [-0.2, 0) is 16.4 Å². The van der Waals surface area contributed by atoms with Gasteiger partial charge in [-0.25, -0.2) is 18.4 Å². The van der Waals surface area contributed by atoms with Crippen LogP contribution in [0.15, 0.2) is 53.4 Å². The second-order valence-electron chi connectivity index (χ2n) is 7.83. The van der Waals surface area contributed by atoms with E-state index in [1.54, 1.807) is 36.7 Å². The Morgan fingerprint density at radius 2 is 2.16 bits per heavy atom. The Kier molecular flexibility index (Phi) is 5.01. The lowest BCUT2D eigenvalue weighted by Gasteiger charge is -2.14. The molecule has 32 heavy (non-hydrogen) atoms. The number of pyridine rings is 2. The molecule has 1 N–H and O–H groups in total. The zero-order chi connectivity index (χ0) is 22.3. The van der Waals surface area contributed by atoms with E-state index < -0.39 is 9.84 Å². The van der Waals surface area contributed by atoms with Gasteiger partial charge in [0.2, 0.25) is 0 Å². The maximum atomic E-state index is 13.1. The molecule has 5 rings (SSSR count). The van der Waals surface area contributed by atoms with Crippen molar-refractivity contribution in [2.75, 3.05) is 11.5 Å². The number of amides is 1. The number of nitrogens with one attached hydrogen (secondary N) is 1. The average Bonchev–Trinajstić information content (AvgIpc) is 3.50. The Bertz CT molecular complexity index is 1400. The lowest BCUT2D eigenvalue weighted by atomic mass is 10.2. The molecule has 0 aromatic carbocycles. The summed E-state index contributed by atoms with van der Waals surface area (Å²) in [5, 5.41) is 2.87. The number of hydrogen-bond acceptors (Lipinski definition) is 7.